The lowest BCUT2D eigenvalue weighted by Crippen LogP contribution is -1.91. The summed E-state index contributed by atoms with van der Waals surface area (Å²) in [7, 11) is 1.46. The van der Waals surface area contributed by atoms with Crippen LogP contribution in [-0.2, 0) is 0 Å². The number of ether oxygens (including phenoxy) is 1. The fourth-order valence-corrected chi connectivity index (χ4v) is 2.04. The predicted octanol–water partition coefficient (Wildman–Crippen LogP) is 2.31. The van der Waals surface area contributed by atoms with Gasteiger partial charge in [-0.05, 0) is 6.07 Å². The molecule has 17 heavy (non-hydrogen) atoms. The van der Waals surface area contributed by atoms with Crippen molar-refractivity contribution in [1.29, 1.82) is 0 Å². The van der Waals surface area contributed by atoms with Gasteiger partial charge in [0.1, 0.15) is 5.75 Å². The minimum atomic E-state index is -0.462. The maximum absolute atomic E-state index is 10.8. The standard InChI is InChI=1S/C10H9N3O3S/c1-16-8-3-6(2-7(4-8)13(14)15)9-5-12-10(11)17-9/h2-5H,1H3,(H2,11,12). The van der Waals surface area contributed by atoms with Gasteiger partial charge in [-0.2, -0.15) is 0 Å². The molecule has 1 heterocycles. The largest absolute Gasteiger partial charge is 0.496 e. The molecule has 2 aromatic rings. The fourth-order valence-electron chi connectivity index (χ4n) is 1.37. The van der Waals surface area contributed by atoms with Gasteiger partial charge in [-0.15, -0.1) is 0 Å². The summed E-state index contributed by atoms with van der Waals surface area (Å²) in [6.07, 6.45) is 1.58. The van der Waals surface area contributed by atoms with Crippen LogP contribution in [0, 0.1) is 10.1 Å². The zero-order chi connectivity index (χ0) is 12.4. The number of nitro groups is 1. The Bertz CT molecular complexity index is 568. The van der Waals surface area contributed by atoms with Crippen molar-refractivity contribution in [3.63, 3.8) is 0 Å². The highest BCUT2D eigenvalue weighted by Gasteiger charge is 2.12. The summed E-state index contributed by atoms with van der Waals surface area (Å²) < 4.78 is 5.02. The average Bonchev–Trinajstić information content (AvgIpc) is 2.75. The van der Waals surface area contributed by atoms with Crippen molar-refractivity contribution in [2.24, 2.45) is 0 Å². The quantitative estimate of drug-likeness (QED) is 0.667. The van der Waals surface area contributed by atoms with Gasteiger partial charge >= 0.3 is 0 Å². The molecule has 0 saturated carbocycles. The normalized spacial score (nSPS) is 10.2. The van der Waals surface area contributed by atoms with Crippen molar-refractivity contribution in [2.45, 2.75) is 0 Å². The molecule has 88 valence electrons. The number of rotatable bonds is 3. The van der Waals surface area contributed by atoms with Crippen molar-refractivity contribution < 1.29 is 9.66 Å². The molecular weight excluding hydrogens is 242 g/mol. The smallest absolute Gasteiger partial charge is 0.273 e. The maximum atomic E-state index is 10.8. The topological polar surface area (TPSA) is 91.3 Å². The van der Waals surface area contributed by atoms with Crippen LogP contribution < -0.4 is 10.5 Å². The lowest BCUT2D eigenvalue weighted by molar-refractivity contribution is -0.384. The molecule has 2 N–H and O–H groups in total. The van der Waals surface area contributed by atoms with Crippen molar-refractivity contribution in [3.8, 4) is 16.2 Å². The Balaban J connectivity index is 2.53. The first-order chi connectivity index (χ1) is 8.10. The van der Waals surface area contributed by atoms with E-state index in [9.17, 15) is 10.1 Å². The van der Waals surface area contributed by atoms with Crippen LogP contribution >= 0.6 is 11.3 Å². The number of non-ortho nitro benzene ring substituents is 1. The third-order valence-electron chi connectivity index (χ3n) is 2.15. The van der Waals surface area contributed by atoms with Crippen LogP contribution in [0.5, 0.6) is 5.75 Å². The zero-order valence-electron chi connectivity index (χ0n) is 8.91. The summed E-state index contributed by atoms with van der Waals surface area (Å²) in [4.78, 5) is 15.0. The number of hydrogen-bond donors (Lipinski definition) is 1. The lowest BCUT2D eigenvalue weighted by atomic mass is 10.1. The van der Waals surface area contributed by atoms with Crippen LogP contribution in [0.3, 0.4) is 0 Å². The second kappa shape index (κ2) is 4.38. The molecule has 0 aliphatic carbocycles. The van der Waals surface area contributed by atoms with E-state index in [0.29, 0.717) is 16.4 Å². The van der Waals surface area contributed by atoms with E-state index < -0.39 is 4.92 Å². The van der Waals surface area contributed by atoms with Crippen molar-refractivity contribution in [3.05, 3.63) is 34.5 Å². The van der Waals surface area contributed by atoms with Gasteiger partial charge in [-0.1, -0.05) is 11.3 Å². The second-order valence-corrected chi connectivity index (χ2v) is 4.30. The number of benzene rings is 1. The molecule has 6 nitrogen and oxygen atoms in total. The van der Waals surface area contributed by atoms with Gasteiger partial charge in [-0.3, -0.25) is 10.1 Å². The van der Waals surface area contributed by atoms with Gasteiger partial charge in [0, 0.05) is 17.8 Å². The third-order valence-corrected chi connectivity index (χ3v) is 3.02. The Labute approximate surface area is 101 Å². The molecule has 1 aromatic heterocycles. The minimum absolute atomic E-state index is 0.0219. The number of nitrogens with zero attached hydrogens (tertiary/aromatic N) is 2. The number of anilines is 1. The minimum Gasteiger partial charge on any atom is -0.496 e. The first-order valence-electron chi connectivity index (χ1n) is 4.65. The van der Waals surface area contributed by atoms with E-state index in [2.05, 4.69) is 4.98 Å². The highest BCUT2D eigenvalue weighted by molar-refractivity contribution is 7.18. The molecule has 0 radical (unpaired) electrons. The molecule has 0 bridgehead atoms. The third kappa shape index (κ3) is 2.34. The van der Waals surface area contributed by atoms with Crippen molar-refractivity contribution in [1.82, 2.24) is 4.98 Å². The van der Waals surface area contributed by atoms with Crippen LogP contribution in [0.15, 0.2) is 24.4 Å². The van der Waals surface area contributed by atoms with E-state index in [1.807, 2.05) is 0 Å². The Morgan fingerprint density at radius 2 is 2.24 bits per heavy atom. The molecule has 7 heteroatoms. The predicted molar refractivity (Wildman–Crippen MR) is 65.2 cm³/mol. The summed E-state index contributed by atoms with van der Waals surface area (Å²) in [6.45, 7) is 0. The first-order valence-corrected chi connectivity index (χ1v) is 5.47. The first kappa shape index (κ1) is 11.3. The molecule has 0 amide bonds. The van der Waals surface area contributed by atoms with Gasteiger partial charge in [0.25, 0.3) is 5.69 Å². The fraction of sp³-hybridized carbons (Fsp3) is 0.100. The summed E-state index contributed by atoms with van der Waals surface area (Å²) in [5.74, 6) is 0.432. The maximum Gasteiger partial charge on any atom is 0.273 e. The van der Waals surface area contributed by atoms with E-state index in [4.69, 9.17) is 10.5 Å². The van der Waals surface area contributed by atoms with E-state index in [-0.39, 0.29) is 5.69 Å². The molecule has 0 atom stereocenters. The van der Waals surface area contributed by atoms with Gasteiger partial charge in [0.2, 0.25) is 0 Å². The van der Waals surface area contributed by atoms with E-state index >= 15 is 0 Å². The number of nitro benzene ring substituents is 1. The highest BCUT2D eigenvalue weighted by Crippen LogP contribution is 2.33. The van der Waals surface area contributed by atoms with Crippen LogP contribution in [0.2, 0.25) is 0 Å². The second-order valence-electron chi connectivity index (χ2n) is 3.24. The number of methoxy groups -OCH3 is 1. The molecular formula is C10H9N3O3S. The van der Waals surface area contributed by atoms with E-state index in [0.717, 1.165) is 4.88 Å². The Morgan fingerprint density at radius 1 is 1.47 bits per heavy atom. The molecule has 0 aliphatic rings. The lowest BCUT2D eigenvalue weighted by Gasteiger charge is -2.02. The van der Waals surface area contributed by atoms with E-state index in [1.54, 1.807) is 12.3 Å². The molecule has 0 unspecified atom stereocenters. The summed E-state index contributed by atoms with van der Waals surface area (Å²) in [5, 5.41) is 11.2. The van der Waals surface area contributed by atoms with Crippen LogP contribution in [0.4, 0.5) is 10.8 Å². The monoisotopic (exact) mass is 251 g/mol. The molecule has 0 fully saturated rings. The summed E-state index contributed by atoms with van der Waals surface area (Å²) in [6, 6.07) is 4.54. The van der Waals surface area contributed by atoms with Crippen molar-refractivity contribution in [2.75, 3.05) is 12.8 Å². The zero-order valence-corrected chi connectivity index (χ0v) is 9.73. The molecule has 1 aromatic carbocycles. The average molecular weight is 251 g/mol. The van der Waals surface area contributed by atoms with Gasteiger partial charge in [0.15, 0.2) is 5.13 Å². The van der Waals surface area contributed by atoms with Crippen LogP contribution in [-0.4, -0.2) is 17.0 Å². The van der Waals surface area contributed by atoms with E-state index in [1.165, 1.54) is 30.6 Å². The summed E-state index contributed by atoms with van der Waals surface area (Å²) in [5.41, 5.74) is 6.18. The number of thiazole rings is 1. The Kier molecular flexibility index (Phi) is 2.92. The van der Waals surface area contributed by atoms with Crippen LogP contribution in [0.25, 0.3) is 10.4 Å². The molecule has 0 spiro atoms. The summed E-state index contributed by atoms with van der Waals surface area (Å²) >= 11 is 1.27. The molecule has 0 aliphatic heterocycles. The van der Waals surface area contributed by atoms with Gasteiger partial charge < -0.3 is 10.5 Å². The van der Waals surface area contributed by atoms with Crippen LogP contribution in [0.1, 0.15) is 0 Å². The number of aromatic nitrogens is 1. The highest BCUT2D eigenvalue weighted by atomic mass is 32.1. The Morgan fingerprint density at radius 3 is 2.76 bits per heavy atom. The SMILES string of the molecule is COc1cc(-c2cnc(N)s2)cc([N+](=O)[O-])c1. The number of nitrogen functional groups attached to an aromatic ring is 1. The van der Waals surface area contributed by atoms with Crippen molar-refractivity contribution >= 4 is 22.2 Å². The molecule has 0 saturated heterocycles. The molecule has 2 rings (SSSR count). The Hall–Kier alpha value is -2.15. The number of nitrogens with two attached hydrogens (primary N) is 1. The van der Waals surface area contributed by atoms with Gasteiger partial charge in [0.05, 0.1) is 23.0 Å². The van der Waals surface area contributed by atoms with Gasteiger partial charge in [-0.25, -0.2) is 4.98 Å². The number of hydrogen-bond acceptors (Lipinski definition) is 6.